The van der Waals surface area contributed by atoms with E-state index in [1.165, 1.54) is 16.9 Å². The average Bonchev–Trinajstić information content (AvgIpc) is 3.17. The van der Waals surface area contributed by atoms with Crippen LogP contribution in [0.5, 0.6) is 0 Å². The van der Waals surface area contributed by atoms with Gasteiger partial charge < -0.3 is 10.4 Å². The van der Waals surface area contributed by atoms with Crippen molar-refractivity contribution in [2.45, 2.75) is 13.1 Å². The van der Waals surface area contributed by atoms with E-state index in [4.69, 9.17) is 16.7 Å². The Hall–Kier alpha value is -2.65. The summed E-state index contributed by atoms with van der Waals surface area (Å²) >= 11 is 9.23. The van der Waals surface area contributed by atoms with Crippen molar-refractivity contribution in [3.8, 4) is 0 Å². The van der Waals surface area contributed by atoms with Crippen LogP contribution in [0.25, 0.3) is 0 Å². The molecule has 10 heteroatoms. The van der Waals surface area contributed by atoms with Crippen molar-refractivity contribution in [1.29, 1.82) is 0 Å². The Morgan fingerprint density at radius 3 is 2.54 bits per heavy atom. The largest absolute Gasteiger partial charge is 0.476 e. The normalized spacial score (nSPS) is 10.7. The fraction of sp³-hybridized carbons (Fsp3) is 0.125. The van der Waals surface area contributed by atoms with Gasteiger partial charge in [-0.05, 0) is 39.7 Å². The Bertz CT molecular complexity index is 951. The minimum absolute atomic E-state index is 0.119. The molecule has 1 amide bonds. The first-order valence-electron chi connectivity index (χ1n) is 7.45. The highest BCUT2D eigenvalue weighted by Crippen LogP contribution is 2.21. The third-order valence-corrected chi connectivity index (χ3v) is 4.23. The van der Waals surface area contributed by atoms with Crippen LogP contribution in [0.1, 0.15) is 16.1 Å². The summed E-state index contributed by atoms with van der Waals surface area (Å²) in [7, 11) is 0. The second-order valence-corrected chi connectivity index (χ2v) is 6.69. The van der Waals surface area contributed by atoms with E-state index in [0.717, 1.165) is 5.56 Å². The van der Waals surface area contributed by atoms with Gasteiger partial charge in [-0.25, -0.2) is 4.79 Å². The van der Waals surface area contributed by atoms with E-state index in [1.54, 1.807) is 23.0 Å². The Labute approximate surface area is 161 Å². The number of aromatic carboxylic acids is 1. The number of hydrogen-bond acceptors (Lipinski definition) is 4. The maximum atomic E-state index is 12.1. The summed E-state index contributed by atoms with van der Waals surface area (Å²) in [5.41, 5.74) is 0.895. The lowest BCUT2D eigenvalue weighted by Gasteiger charge is -2.04. The number of halogens is 2. The molecule has 134 valence electrons. The van der Waals surface area contributed by atoms with Crippen molar-refractivity contribution in [1.82, 2.24) is 19.6 Å². The Morgan fingerprint density at radius 2 is 1.88 bits per heavy atom. The molecule has 2 N–H and O–H groups in total. The summed E-state index contributed by atoms with van der Waals surface area (Å²) in [6, 6.07) is 8.72. The van der Waals surface area contributed by atoms with Gasteiger partial charge in [0.25, 0.3) is 0 Å². The molecule has 0 aliphatic rings. The van der Waals surface area contributed by atoms with Gasteiger partial charge in [0.15, 0.2) is 11.5 Å². The maximum absolute atomic E-state index is 12.1. The highest BCUT2D eigenvalue weighted by atomic mass is 79.9. The van der Waals surface area contributed by atoms with Crippen LogP contribution in [0.4, 0.5) is 5.82 Å². The van der Waals surface area contributed by atoms with Gasteiger partial charge in [-0.1, -0.05) is 23.7 Å². The summed E-state index contributed by atoms with van der Waals surface area (Å²) in [6.45, 7) is 0.399. The molecule has 1 aromatic carbocycles. The molecular formula is C16H13BrClN5O3. The van der Waals surface area contributed by atoms with Crippen molar-refractivity contribution in [2.75, 3.05) is 5.32 Å². The van der Waals surface area contributed by atoms with E-state index < -0.39 is 5.97 Å². The summed E-state index contributed by atoms with van der Waals surface area (Å²) in [6.07, 6.45) is 3.18. The number of amides is 1. The first-order chi connectivity index (χ1) is 12.4. The molecule has 3 aromatic rings. The number of carboxylic acid groups (broad SMARTS) is 1. The number of carbonyl (C=O) groups is 2. The Kier molecular flexibility index (Phi) is 5.38. The van der Waals surface area contributed by atoms with Crippen molar-refractivity contribution >= 4 is 45.2 Å². The summed E-state index contributed by atoms with van der Waals surface area (Å²) in [5.74, 6) is -1.15. The minimum Gasteiger partial charge on any atom is -0.476 e. The lowest BCUT2D eigenvalue weighted by Crippen LogP contribution is -2.20. The number of nitrogens with one attached hydrogen (secondary N) is 1. The number of carbonyl (C=O) groups excluding carboxylic acids is 1. The van der Waals surface area contributed by atoms with E-state index >= 15 is 0 Å². The van der Waals surface area contributed by atoms with Crippen molar-refractivity contribution in [3.05, 3.63) is 63.5 Å². The van der Waals surface area contributed by atoms with Gasteiger partial charge in [0.1, 0.15) is 6.54 Å². The standard InChI is InChI=1S/C16H13BrClN5O3/c17-12-8-23(7-10-1-3-11(18)4-2-10)21-15(12)19-14(24)9-22-6-5-13(20-22)16(25)26/h1-6,8H,7,9H2,(H,25,26)(H,19,21,24). The predicted molar refractivity (Wildman–Crippen MR) is 98.3 cm³/mol. The van der Waals surface area contributed by atoms with E-state index in [-0.39, 0.29) is 18.1 Å². The van der Waals surface area contributed by atoms with Crippen LogP contribution in [0.2, 0.25) is 5.02 Å². The molecule has 0 radical (unpaired) electrons. The van der Waals surface area contributed by atoms with Crippen LogP contribution < -0.4 is 5.32 Å². The Morgan fingerprint density at radius 1 is 1.15 bits per heavy atom. The Balaban J connectivity index is 1.63. The zero-order valence-electron chi connectivity index (χ0n) is 13.3. The van der Waals surface area contributed by atoms with Crippen LogP contribution in [-0.2, 0) is 17.9 Å². The highest BCUT2D eigenvalue weighted by molar-refractivity contribution is 9.10. The molecule has 0 aliphatic heterocycles. The van der Waals surface area contributed by atoms with E-state index in [9.17, 15) is 9.59 Å². The van der Waals surface area contributed by atoms with Gasteiger partial charge in [0.2, 0.25) is 5.91 Å². The fourth-order valence-corrected chi connectivity index (χ4v) is 2.76. The van der Waals surface area contributed by atoms with Gasteiger partial charge in [0, 0.05) is 17.4 Å². The number of carboxylic acids is 1. The molecule has 2 aromatic heterocycles. The molecular weight excluding hydrogens is 426 g/mol. The van der Waals surface area contributed by atoms with Gasteiger partial charge in [0.05, 0.1) is 11.0 Å². The topological polar surface area (TPSA) is 102 Å². The van der Waals surface area contributed by atoms with Crippen LogP contribution in [0.15, 0.2) is 47.2 Å². The van der Waals surface area contributed by atoms with Crippen LogP contribution in [0, 0.1) is 0 Å². The zero-order valence-corrected chi connectivity index (χ0v) is 15.6. The van der Waals surface area contributed by atoms with Crippen LogP contribution >= 0.6 is 27.5 Å². The molecule has 0 saturated heterocycles. The fourth-order valence-electron chi connectivity index (χ4n) is 2.22. The number of hydrogen-bond donors (Lipinski definition) is 2. The molecule has 0 bridgehead atoms. The van der Waals surface area contributed by atoms with Gasteiger partial charge in [-0.15, -0.1) is 0 Å². The quantitative estimate of drug-likeness (QED) is 0.616. The highest BCUT2D eigenvalue weighted by Gasteiger charge is 2.13. The van der Waals surface area contributed by atoms with Crippen LogP contribution in [0.3, 0.4) is 0 Å². The van der Waals surface area contributed by atoms with Crippen molar-refractivity contribution < 1.29 is 14.7 Å². The summed E-state index contributed by atoms with van der Waals surface area (Å²) in [5, 5.41) is 20.3. The summed E-state index contributed by atoms with van der Waals surface area (Å²) in [4.78, 5) is 22.9. The second-order valence-electron chi connectivity index (χ2n) is 5.40. The lowest BCUT2D eigenvalue weighted by molar-refractivity contribution is -0.116. The van der Waals surface area contributed by atoms with E-state index in [2.05, 4.69) is 31.4 Å². The maximum Gasteiger partial charge on any atom is 0.356 e. The molecule has 0 aliphatic carbocycles. The van der Waals surface area contributed by atoms with Crippen molar-refractivity contribution in [3.63, 3.8) is 0 Å². The van der Waals surface area contributed by atoms with Gasteiger partial charge in [-0.3, -0.25) is 14.2 Å². The monoisotopic (exact) mass is 437 g/mol. The smallest absolute Gasteiger partial charge is 0.356 e. The molecule has 0 fully saturated rings. The van der Waals surface area contributed by atoms with E-state index in [1.807, 2.05) is 12.1 Å². The molecule has 0 saturated carbocycles. The van der Waals surface area contributed by atoms with Crippen molar-refractivity contribution in [2.24, 2.45) is 0 Å². The van der Waals surface area contributed by atoms with Gasteiger partial charge >= 0.3 is 5.97 Å². The SMILES string of the molecule is O=C(Cn1ccc(C(=O)O)n1)Nc1nn(Cc2ccc(Cl)cc2)cc1Br. The molecule has 3 rings (SSSR count). The molecule has 0 atom stereocenters. The molecule has 0 unspecified atom stereocenters. The molecule has 2 heterocycles. The molecule has 26 heavy (non-hydrogen) atoms. The third kappa shape index (κ3) is 4.50. The van der Waals surface area contributed by atoms with Gasteiger partial charge in [-0.2, -0.15) is 10.2 Å². The summed E-state index contributed by atoms with van der Waals surface area (Å²) < 4.78 is 3.56. The minimum atomic E-state index is -1.15. The number of benzene rings is 1. The van der Waals surface area contributed by atoms with E-state index in [0.29, 0.717) is 21.9 Å². The average molecular weight is 439 g/mol. The van der Waals surface area contributed by atoms with Crippen LogP contribution in [-0.4, -0.2) is 36.5 Å². The molecule has 0 spiro atoms. The first-order valence-corrected chi connectivity index (χ1v) is 8.62. The molecule has 8 nitrogen and oxygen atoms in total. The second kappa shape index (κ2) is 7.71. The lowest BCUT2D eigenvalue weighted by atomic mass is 10.2. The first kappa shape index (κ1) is 18.2. The number of rotatable bonds is 6. The third-order valence-electron chi connectivity index (χ3n) is 3.40. The number of aromatic nitrogens is 4. The number of nitrogens with zero attached hydrogens (tertiary/aromatic N) is 4. The number of anilines is 1. The zero-order chi connectivity index (χ0) is 18.7. The predicted octanol–water partition coefficient (Wildman–Crippen LogP) is 2.88.